The summed E-state index contributed by atoms with van der Waals surface area (Å²) >= 11 is 0.735. The second-order valence-electron chi connectivity index (χ2n) is 9.33. The van der Waals surface area contributed by atoms with E-state index in [1.807, 2.05) is 14.0 Å². The van der Waals surface area contributed by atoms with E-state index in [0.29, 0.717) is 30.9 Å². The second kappa shape index (κ2) is 9.00. The summed E-state index contributed by atoms with van der Waals surface area (Å²) in [6, 6.07) is 1.81. The molecule has 3 aromatic rings. The van der Waals surface area contributed by atoms with Crippen LogP contribution in [0.2, 0.25) is 0 Å². The topological polar surface area (TPSA) is 114 Å². The lowest BCUT2D eigenvalue weighted by Crippen LogP contribution is -2.35. The van der Waals surface area contributed by atoms with Crippen LogP contribution in [0.4, 0.5) is 14.5 Å². The molecule has 190 valence electrons. The zero-order valence-corrected chi connectivity index (χ0v) is 21.2. The Morgan fingerprint density at radius 1 is 1.31 bits per heavy atom. The van der Waals surface area contributed by atoms with Crippen LogP contribution in [0.3, 0.4) is 0 Å². The van der Waals surface area contributed by atoms with Crippen molar-refractivity contribution in [2.24, 2.45) is 5.92 Å². The lowest BCUT2D eigenvalue weighted by atomic mass is 10.1. The number of nitrogens with one attached hydrogen (secondary N) is 2. The van der Waals surface area contributed by atoms with Crippen molar-refractivity contribution in [3.8, 4) is 10.8 Å². The lowest BCUT2D eigenvalue weighted by molar-refractivity contribution is 0.149. The molecule has 2 atom stereocenters. The SMILES string of the molecule is CNC1CN(c2cc(S(=O)(=O)NC3(C)CC3)cn3c(-c4nnc(C(F)F)s4)ncc23)CC1COC. The number of methoxy groups -OCH3 is 1. The van der Waals surface area contributed by atoms with E-state index in [2.05, 4.69) is 30.1 Å². The van der Waals surface area contributed by atoms with Gasteiger partial charge in [0.1, 0.15) is 4.90 Å². The summed E-state index contributed by atoms with van der Waals surface area (Å²) in [5, 5.41) is 10.5. The molecule has 0 radical (unpaired) electrons. The molecule has 4 heterocycles. The highest BCUT2D eigenvalue weighted by atomic mass is 32.2. The van der Waals surface area contributed by atoms with E-state index in [1.54, 1.807) is 23.8 Å². The van der Waals surface area contributed by atoms with Crippen molar-refractivity contribution in [3.63, 3.8) is 0 Å². The molecule has 1 aliphatic carbocycles. The molecule has 2 aliphatic rings. The Hall–Kier alpha value is -2.26. The maximum atomic E-state index is 13.3. The number of ether oxygens (including phenoxy) is 1. The first-order chi connectivity index (χ1) is 16.6. The van der Waals surface area contributed by atoms with Crippen LogP contribution in [0.5, 0.6) is 0 Å². The Labute approximate surface area is 205 Å². The summed E-state index contributed by atoms with van der Waals surface area (Å²) in [4.78, 5) is 6.60. The van der Waals surface area contributed by atoms with Gasteiger partial charge in [-0.3, -0.25) is 4.40 Å². The third kappa shape index (κ3) is 4.65. The van der Waals surface area contributed by atoms with E-state index >= 15 is 0 Å². The van der Waals surface area contributed by atoms with Crippen molar-refractivity contribution in [2.75, 3.05) is 38.8 Å². The zero-order chi connectivity index (χ0) is 25.0. The molecular weight excluding hydrogens is 500 g/mol. The van der Waals surface area contributed by atoms with Gasteiger partial charge in [-0.1, -0.05) is 11.3 Å². The van der Waals surface area contributed by atoms with Gasteiger partial charge in [0.05, 0.1) is 24.0 Å². The molecule has 0 aromatic carbocycles. The second-order valence-corrected chi connectivity index (χ2v) is 12.0. The third-order valence-electron chi connectivity index (χ3n) is 6.64. The van der Waals surface area contributed by atoms with E-state index in [9.17, 15) is 17.2 Å². The summed E-state index contributed by atoms with van der Waals surface area (Å²) < 4.78 is 62.7. The van der Waals surface area contributed by atoms with Crippen LogP contribution in [0, 0.1) is 5.92 Å². The number of nitrogens with zero attached hydrogens (tertiary/aromatic N) is 5. The molecule has 0 amide bonds. The number of fused-ring (bicyclic) bond motifs is 1. The number of rotatable bonds is 9. The van der Waals surface area contributed by atoms with E-state index in [1.165, 1.54) is 6.20 Å². The van der Waals surface area contributed by atoms with Crippen LogP contribution in [-0.2, 0) is 14.8 Å². The van der Waals surface area contributed by atoms with Crippen molar-refractivity contribution in [1.29, 1.82) is 0 Å². The molecule has 5 rings (SSSR count). The maximum Gasteiger partial charge on any atom is 0.291 e. The number of likely N-dealkylation sites (N-methyl/N-ethyl adjacent to an activating group) is 1. The fraction of sp³-hybridized carbons (Fsp3) is 0.571. The van der Waals surface area contributed by atoms with Gasteiger partial charge in [-0.15, -0.1) is 10.2 Å². The molecule has 1 saturated carbocycles. The van der Waals surface area contributed by atoms with Crippen LogP contribution in [-0.4, -0.2) is 73.4 Å². The molecule has 3 aromatic heterocycles. The quantitative estimate of drug-likeness (QED) is 0.436. The summed E-state index contributed by atoms with van der Waals surface area (Å²) in [5.74, 6) is 0.464. The van der Waals surface area contributed by atoms with Crippen molar-refractivity contribution in [1.82, 2.24) is 29.6 Å². The average Bonchev–Trinajstić information content (AvgIpc) is 3.24. The standard InChI is InChI=1S/C21H27F2N7O3S2/c1-21(4-5-21)28-35(31,32)13-6-15(29-8-12(11-33-3)14(10-29)24-2)16-7-25-18(30(16)9-13)20-27-26-19(34-20)17(22)23/h6-7,9,12,14,17,24,28H,4-5,8,10-11H2,1-3H3. The smallest absolute Gasteiger partial charge is 0.291 e. The van der Waals surface area contributed by atoms with Gasteiger partial charge >= 0.3 is 0 Å². The van der Waals surface area contributed by atoms with Crippen LogP contribution in [0.25, 0.3) is 16.3 Å². The fourth-order valence-corrected chi connectivity index (χ4v) is 6.65. The van der Waals surface area contributed by atoms with Crippen LogP contribution in [0.15, 0.2) is 23.4 Å². The lowest BCUT2D eigenvalue weighted by Gasteiger charge is -2.22. The number of halogens is 2. The number of imidazole rings is 1. The Kier molecular flexibility index (Phi) is 6.28. The molecule has 0 bridgehead atoms. The Morgan fingerprint density at radius 2 is 2.09 bits per heavy atom. The van der Waals surface area contributed by atoms with Gasteiger partial charge in [0, 0.05) is 43.9 Å². The number of hydrogen-bond acceptors (Lipinski definition) is 9. The van der Waals surface area contributed by atoms with E-state index < -0.39 is 27.0 Å². The number of anilines is 1. The van der Waals surface area contributed by atoms with Gasteiger partial charge in [0.25, 0.3) is 6.43 Å². The van der Waals surface area contributed by atoms with Crippen molar-refractivity contribution >= 4 is 32.6 Å². The number of pyridine rings is 1. The normalized spacial score (nSPS) is 21.9. The summed E-state index contributed by atoms with van der Waals surface area (Å²) in [6.07, 6.45) is 1.87. The Balaban J connectivity index is 1.63. The van der Waals surface area contributed by atoms with Gasteiger partial charge in [0.2, 0.25) is 10.0 Å². The monoisotopic (exact) mass is 527 g/mol. The van der Waals surface area contributed by atoms with Crippen molar-refractivity contribution < 1.29 is 21.9 Å². The van der Waals surface area contributed by atoms with Gasteiger partial charge < -0.3 is 15.0 Å². The van der Waals surface area contributed by atoms with Gasteiger partial charge in [-0.25, -0.2) is 26.9 Å². The molecule has 35 heavy (non-hydrogen) atoms. The molecule has 2 unspecified atom stereocenters. The zero-order valence-electron chi connectivity index (χ0n) is 19.5. The van der Waals surface area contributed by atoms with E-state index in [0.717, 1.165) is 24.2 Å². The first-order valence-corrected chi connectivity index (χ1v) is 13.5. The Morgan fingerprint density at radius 3 is 2.71 bits per heavy atom. The first-order valence-electron chi connectivity index (χ1n) is 11.2. The Bertz CT molecular complexity index is 1340. The number of aromatic nitrogens is 4. The van der Waals surface area contributed by atoms with Crippen LogP contribution >= 0.6 is 11.3 Å². The summed E-state index contributed by atoms with van der Waals surface area (Å²) in [6.45, 7) is 3.72. The predicted octanol–water partition coefficient (Wildman–Crippen LogP) is 2.29. The summed E-state index contributed by atoms with van der Waals surface area (Å²) in [5.41, 5.74) is 0.884. The fourth-order valence-electron chi connectivity index (χ4n) is 4.48. The predicted molar refractivity (Wildman–Crippen MR) is 127 cm³/mol. The minimum absolute atomic E-state index is 0.0715. The molecule has 1 aliphatic heterocycles. The molecule has 1 saturated heterocycles. The summed E-state index contributed by atoms with van der Waals surface area (Å²) in [7, 11) is -0.299. The van der Waals surface area contributed by atoms with E-state index in [-0.39, 0.29) is 27.7 Å². The number of sulfonamides is 1. The molecule has 14 heteroatoms. The molecular formula is C21H27F2N7O3S2. The van der Waals surface area contributed by atoms with Crippen molar-refractivity contribution in [3.05, 3.63) is 23.5 Å². The average molecular weight is 528 g/mol. The minimum atomic E-state index is -3.85. The maximum absolute atomic E-state index is 13.3. The third-order valence-corrected chi connectivity index (χ3v) is 9.17. The van der Waals surface area contributed by atoms with Gasteiger partial charge in [-0.05, 0) is 32.9 Å². The van der Waals surface area contributed by atoms with Crippen LogP contribution < -0.4 is 14.9 Å². The first kappa shape index (κ1) is 24.4. The molecule has 0 spiro atoms. The number of alkyl halides is 2. The molecule has 10 nitrogen and oxygen atoms in total. The number of hydrogen-bond donors (Lipinski definition) is 2. The highest BCUT2D eigenvalue weighted by molar-refractivity contribution is 7.89. The highest BCUT2D eigenvalue weighted by Crippen LogP contribution is 2.38. The van der Waals surface area contributed by atoms with Crippen molar-refractivity contribution in [2.45, 2.75) is 42.7 Å². The molecule has 2 N–H and O–H groups in total. The highest BCUT2D eigenvalue weighted by Gasteiger charge is 2.42. The van der Waals surface area contributed by atoms with Gasteiger partial charge in [0.15, 0.2) is 15.8 Å². The van der Waals surface area contributed by atoms with Crippen LogP contribution in [0.1, 0.15) is 31.2 Å². The van der Waals surface area contributed by atoms with Gasteiger partial charge in [-0.2, -0.15) is 0 Å². The minimum Gasteiger partial charge on any atom is -0.384 e. The largest absolute Gasteiger partial charge is 0.384 e. The van der Waals surface area contributed by atoms with E-state index in [4.69, 9.17) is 4.74 Å². The molecule has 2 fully saturated rings.